The Bertz CT molecular complexity index is 589. The van der Waals surface area contributed by atoms with Crippen LogP contribution < -0.4 is 4.74 Å². The smallest absolute Gasteiger partial charge is 0.416 e. The van der Waals surface area contributed by atoms with Crippen LogP contribution in [-0.2, 0) is 12.8 Å². The van der Waals surface area contributed by atoms with Gasteiger partial charge < -0.3 is 9.84 Å². The molecule has 0 atom stereocenters. The number of hydrogen-bond acceptors (Lipinski definition) is 2. The van der Waals surface area contributed by atoms with Crippen LogP contribution in [0.3, 0.4) is 0 Å². The predicted molar refractivity (Wildman–Crippen MR) is 68.6 cm³/mol. The van der Waals surface area contributed by atoms with Gasteiger partial charge in [0.15, 0.2) is 0 Å². The Balaban J connectivity index is 2.06. The van der Waals surface area contributed by atoms with E-state index >= 15 is 0 Å². The molecule has 0 amide bonds. The quantitative estimate of drug-likeness (QED) is 0.909. The van der Waals surface area contributed by atoms with E-state index < -0.39 is 11.7 Å². The van der Waals surface area contributed by atoms with Gasteiger partial charge in [0.2, 0.25) is 0 Å². The topological polar surface area (TPSA) is 29.5 Å². The normalized spacial score (nSPS) is 11.4. The van der Waals surface area contributed by atoms with E-state index in [1.54, 1.807) is 25.1 Å². The first-order valence-electron chi connectivity index (χ1n) is 5.95. The molecule has 2 rings (SSSR count). The number of phenolic OH excluding ortho intramolecular Hbond substituents is 1. The van der Waals surface area contributed by atoms with Gasteiger partial charge in [0.1, 0.15) is 18.1 Å². The Morgan fingerprint density at radius 2 is 1.70 bits per heavy atom. The molecule has 2 nitrogen and oxygen atoms in total. The largest absolute Gasteiger partial charge is 0.508 e. The summed E-state index contributed by atoms with van der Waals surface area (Å²) in [5.41, 5.74) is 0.537. The fourth-order valence-corrected chi connectivity index (χ4v) is 1.71. The van der Waals surface area contributed by atoms with Crippen LogP contribution in [0.2, 0.25) is 0 Å². The molecular formula is C15H13F3O2. The van der Waals surface area contributed by atoms with Gasteiger partial charge in [-0.15, -0.1) is 0 Å². The molecule has 0 unspecified atom stereocenters. The van der Waals surface area contributed by atoms with E-state index in [2.05, 4.69) is 0 Å². The lowest BCUT2D eigenvalue weighted by molar-refractivity contribution is -0.137. The van der Waals surface area contributed by atoms with Gasteiger partial charge in [-0.25, -0.2) is 0 Å². The minimum Gasteiger partial charge on any atom is -0.508 e. The Morgan fingerprint density at radius 3 is 2.30 bits per heavy atom. The number of halogens is 3. The number of phenols is 1. The van der Waals surface area contributed by atoms with E-state index in [0.717, 1.165) is 12.1 Å². The van der Waals surface area contributed by atoms with Crippen LogP contribution >= 0.6 is 0 Å². The summed E-state index contributed by atoms with van der Waals surface area (Å²) < 4.78 is 42.7. The Morgan fingerprint density at radius 1 is 1.05 bits per heavy atom. The summed E-state index contributed by atoms with van der Waals surface area (Å²) in [5.74, 6) is 0.625. The summed E-state index contributed by atoms with van der Waals surface area (Å²) in [5, 5.41) is 9.52. The lowest BCUT2D eigenvalue weighted by atomic mass is 10.1. The first-order valence-corrected chi connectivity index (χ1v) is 5.95. The van der Waals surface area contributed by atoms with Crippen LogP contribution in [0, 0.1) is 6.92 Å². The first-order chi connectivity index (χ1) is 9.38. The third-order valence-electron chi connectivity index (χ3n) is 2.93. The predicted octanol–water partition coefficient (Wildman–Crippen LogP) is 4.30. The zero-order valence-corrected chi connectivity index (χ0v) is 10.7. The van der Waals surface area contributed by atoms with Crippen molar-refractivity contribution in [1.82, 2.24) is 0 Å². The van der Waals surface area contributed by atoms with E-state index in [9.17, 15) is 18.3 Å². The molecule has 0 saturated heterocycles. The summed E-state index contributed by atoms with van der Waals surface area (Å²) in [6, 6.07) is 9.67. The highest BCUT2D eigenvalue weighted by molar-refractivity contribution is 5.42. The number of hydrogen-bond donors (Lipinski definition) is 1. The fraction of sp³-hybridized carbons (Fsp3) is 0.200. The third kappa shape index (κ3) is 3.23. The second-order valence-electron chi connectivity index (χ2n) is 4.38. The van der Waals surface area contributed by atoms with Crippen molar-refractivity contribution >= 4 is 0 Å². The molecule has 0 saturated carbocycles. The molecule has 0 aliphatic carbocycles. The number of aromatic hydroxyl groups is 1. The molecule has 0 spiro atoms. The lowest BCUT2D eigenvalue weighted by Gasteiger charge is -2.11. The van der Waals surface area contributed by atoms with E-state index in [0.29, 0.717) is 16.9 Å². The van der Waals surface area contributed by atoms with E-state index in [4.69, 9.17) is 4.74 Å². The maximum Gasteiger partial charge on any atom is 0.416 e. The third-order valence-corrected chi connectivity index (χ3v) is 2.93. The highest BCUT2D eigenvalue weighted by Gasteiger charge is 2.29. The average molecular weight is 282 g/mol. The van der Waals surface area contributed by atoms with Crippen molar-refractivity contribution in [2.45, 2.75) is 19.7 Å². The monoisotopic (exact) mass is 282 g/mol. The molecule has 1 N–H and O–H groups in total. The van der Waals surface area contributed by atoms with Crippen molar-refractivity contribution in [2.75, 3.05) is 0 Å². The highest BCUT2D eigenvalue weighted by Crippen LogP contribution is 2.30. The van der Waals surface area contributed by atoms with E-state index in [-0.39, 0.29) is 12.4 Å². The average Bonchev–Trinajstić information content (AvgIpc) is 2.40. The number of ether oxygens (including phenoxy) is 1. The van der Waals surface area contributed by atoms with Crippen molar-refractivity contribution in [1.29, 1.82) is 0 Å². The molecule has 5 heteroatoms. The molecule has 2 aromatic carbocycles. The van der Waals surface area contributed by atoms with Gasteiger partial charge in [0.05, 0.1) is 5.56 Å². The minimum absolute atomic E-state index is 0.120. The van der Waals surface area contributed by atoms with Crippen LogP contribution in [0.5, 0.6) is 11.5 Å². The second kappa shape index (κ2) is 5.45. The van der Waals surface area contributed by atoms with Crippen LogP contribution in [0.1, 0.15) is 16.7 Å². The van der Waals surface area contributed by atoms with Crippen LogP contribution in [0.15, 0.2) is 42.5 Å². The van der Waals surface area contributed by atoms with Gasteiger partial charge in [0, 0.05) is 5.56 Å². The fourth-order valence-electron chi connectivity index (χ4n) is 1.71. The Kier molecular flexibility index (Phi) is 3.88. The van der Waals surface area contributed by atoms with Gasteiger partial charge in [-0.3, -0.25) is 0 Å². The molecule has 106 valence electrons. The van der Waals surface area contributed by atoms with Gasteiger partial charge in [-0.2, -0.15) is 13.2 Å². The molecule has 0 fully saturated rings. The van der Waals surface area contributed by atoms with Crippen LogP contribution in [0.25, 0.3) is 0 Å². The SMILES string of the molecule is Cc1c(O)cccc1OCc1ccc(C(F)(F)F)cc1. The zero-order valence-electron chi connectivity index (χ0n) is 10.7. The summed E-state index contributed by atoms with van der Waals surface area (Å²) in [6.07, 6.45) is -4.33. The molecular weight excluding hydrogens is 269 g/mol. The second-order valence-corrected chi connectivity index (χ2v) is 4.38. The summed E-state index contributed by atoms with van der Waals surface area (Å²) in [4.78, 5) is 0. The zero-order chi connectivity index (χ0) is 14.8. The van der Waals surface area contributed by atoms with Crippen molar-refractivity contribution in [3.63, 3.8) is 0 Å². The van der Waals surface area contributed by atoms with Crippen molar-refractivity contribution in [2.24, 2.45) is 0 Å². The standard InChI is InChI=1S/C15H13F3O2/c1-10-13(19)3-2-4-14(10)20-9-11-5-7-12(8-6-11)15(16,17)18/h2-8,19H,9H2,1H3. The van der Waals surface area contributed by atoms with Crippen LogP contribution in [-0.4, -0.2) is 5.11 Å². The summed E-state index contributed by atoms with van der Waals surface area (Å²) in [7, 11) is 0. The molecule has 0 aliphatic rings. The molecule has 0 heterocycles. The van der Waals surface area contributed by atoms with Crippen molar-refractivity contribution in [3.8, 4) is 11.5 Å². The Labute approximate surface area is 114 Å². The number of alkyl halides is 3. The van der Waals surface area contributed by atoms with Gasteiger partial charge in [-0.1, -0.05) is 18.2 Å². The first kappa shape index (κ1) is 14.2. The highest BCUT2D eigenvalue weighted by atomic mass is 19.4. The molecule has 0 aromatic heterocycles. The Hall–Kier alpha value is -2.17. The summed E-state index contributed by atoms with van der Waals surface area (Å²) in [6.45, 7) is 1.85. The lowest BCUT2D eigenvalue weighted by Crippen LogP contribution is -2.05. The van der Waals surface area contributed by atoms with E-state index in [1.165, 1.54) is 12.1 Å². The van der Waals surface area contributed by atoms with Crippen LogP contribution in [0.4, 0.5) is 13.2 Å². The molecule has 0 aliphatic heterocycles. The number of benzene rings is 2. The molecule has 20 heavy (non-hydrogen) atoms. The van der Waals surface area contributed by atoms with Gasteiger partial charge in [-0.05, 0) is 36.8 Å². The molecule has 2 aromatic rings. The van der Waals surface area contributed by atoms with E-state index in [1.807, 2.05) is 0 Å². The van der Waals surface area contributed by atoms with Gasteiger partial charge >= 0.3 is 6.18 Å². The number of rotatable bonds is 3. The van der Waals surface area contributed by atoms with Crippen molar-refractivity contribution < 1.29 is 23.0 Å². The maximum atomic E-state index is 12.4. The summed E-state index contributed by atoms with van der Waals surface area (Å²) >= 11 is 0. The molecule has 0 bridgehead atoms. The molecule has 0 radical (unpaired) electrons. The van der Waals surface area contributed by atoms with Gasteiger partial charge in [0.25, 0.3) is 0 Å². The maximum absolute atomic E-state index is 12.4. The van der Waals surface area contributed by atoms with Crippen molar-refractivity contribution in [3.05, 3.63) is 59.2 Å². The minimum atomic E-state index is -4.33.